The molecule has 2 aliphatic heterocycles. The van der Waals surface area contributed by atoms with Crippen LogP contribution in [-0.2, 0) is 6.42 Å². The standard InChI is InChI=1S/C21H22BrN2O3/c1-24(2)7-6-12-8-17-20(27-11-26-17)21(25-3)18(12)19(24)15-10-23-16-5-4-13(22)9-14(15)16/h4-5,8-10,19,23H,6-7,11H2,1-3H3/q+1. The van der Waals surface area contributed by atoms with E-state index in [4.69, 9.17) is 14.2 Å². The van der Waals surface area contributed by atoms with Crippen molar-refractivity contribution in [3.63, 3.8) is 0 Å². The lowest BCUT2D eigenvalue weighted by molar-refractivity contribution is -0.917. The van der Waals surface area contributed by atoms with Gasteiger partial charge in [-0.15, -0.1) is 0 Å². The maximum absolute atomic E-state index is 5.88. The van der Waals surface area contributed by atoms with Crippen LogP contribution in [0.25, 0.3) is 10.9 Å². The average Bonchev–Trinajstić information content (AvgIpc) is 3.26. The van der Waals surface area contributed by atoms with Gasteiger partial charge in [0.05, 0.1) is 33.3 Å². The zero-order valence-electron chi connectivity index (χ0n) is 15.6. The van der Waals surface area contributed by atoms with Gasteiger partial charge in [0, 0.05) is 33.6 Å². The van der Waals surface area contributed by atoms with Crippen molar-refractivity contribution in [3.8, 4) is 17.2 Å². The monoisotopic (exact) mass is 429 g/mol. The molecule has 0 saturated heterocycles. The van der Waals surface area contributed by atoms with E-state index in [1.165, 1.54) is 22.1 Å². The molecule has 0 spiro atoms. The minimum absolute atomic E-state index is 0.140. The summed E-state index contributed by atoms with van der Waals surface area (Å²) >= 11 is 3.62. The lowest BCUT2D eigenvalue weighted by Crippen LogP contribution is -2.48. The third kappa shape index (κ3) is 2.47. The van der Waals surface area contributed by atoms with Gasteiger partial charge in [-0.3, -0.25) is 0 Å². The highest BCUT2D eigenvalue weighted by molar-refractivity contribution is 9.10. The molecule has 27 heavy (non-hydrogen) atoms. The summed E-state index contributed by atoms with van der Waals surface area (Å²) in [5.74, 6) is 2.32. The van der Waals surface area contributed by atoms with E-state index in [0.717, 1.165) is 44.7 Å². The van der Waals surface area contributed by atoms with Gasteiger partial charge >= 0.3 is 0 Å². The fourth-order valence-corrected chi connectivity index (χ4v) is 4.91. The van der Waals surface area contributed by atoms with Crippen molar-refractivity contribution in [2.75, 3.05) is 34.5 Å². The zero-order chi connectivity index (χ0) is 18.8. The van der Waals surface area contributed by atoms with Crippen LogP contribution in [0.4, 0.5) is 0 Å². The van der Waals surface area contributed by atoms with Crippen LogP contribution in [0.5, 0.6) is 17.2 Å². The summed E-state index contributed by atoms with van der Waals surface area (Å²) in [6.45, 7) is 1.29. The van der Waals surface area contributed by atoms with E-state index in [-0.39, 0.29) is 12.8 Å². The Morgan fingerprint density at radius 1 is 1.22 bits per heavy atom. The number of fused-ring (bicyclic) bond motifs is 3. The molecule has 0 fully saturated rings. The summed E-state index contributed by atoms with van der Waals surface area (Å²) in [5.41, 5.74) is 4.90. The first kappa shape index (κ1) is 17.0. The Kier molecular flexibility index (Phi) is 3.71. The van der Waals surface area contributed by atoms with Crippen molar-refractivity contribution < 1.29 is 18.7 Å². The second-order valence-corrected chi connectivity index (χ2v) is 8.72. The molecule has 1 atom stereocenters. The number of hydrogen-bond donors (Lipinski definition) is 1. The second-order valence-electron chi connectivity index (χ2n) is 7.81. The number of methoxy groups -OCH3 is 1. The number of hydrogen-bond acceptors (Lipinski definition) is 3. The van der Waals surface area contributed by atoms with Crippen molar-refractivity contribution in [1.82, 2.24) is 4.98 Å². The molecule has 5 rings (SSSR count). The fraction of sp³-hybridized carbons (Fsp3) is 0.333. The highest BCUT2D eigenvalue weighted by Gasteiger charge is 2.43. The molecule has 1 N–H and O–H groups in total. The van der Waals surface area contributed by atoms with Crippen molar-refractivity contribution >= 4 is 26.8 Å². The Morgan fingerprint density at radius 3 is 2.89 bits per heavy atom. The van der Waals surface area contributed by atoms with Crippen LogP contribution in [0, 0.1) is 0 Å². The number of H-pyrrole nitrogens is 1. The van der Waals surface area contributed by atoms with E-state index in [1.54, 1.807) is 7.11 Å². The Bertz CT molecular complexity index is 1060. The van der Waals surface area contributed by atoms with Gasteiger partial charge < -0.3 is 23.7 Å². The normalized spacial score (nSPS) is 19.9. The smallest absolute Gasteiger partial charge is 0.231 e. The second kappa shape index (κ2) is 5.91. The van der Waals surface area contributed by atoms with Gasteiger partial charge in [-0.2, -0.15) is 0 Å². The molecule has 6 heteroatoms. The van der Waals surface area contributed by atoms with Crippen LogP contribution >= 0.6 is 15.9 Å². The highest BCUT2D eigenvalue weighted by atomic mass is 79.9. The number of nitrogens with zero attached hydrogens (tertiary/aromatic N) is 1. The Balaban J connectivity index is 1.81. The summed E-state index contributed by atoms with van der Waals surface area (Å²) in [6, 6.07) is 8.65. The molecule has 0 amide bonds. The predicted molar refractivity (Wildman–Crippen MR) is 108 cm³/mol. The molecule has 1 unspecified atom stereocenters. The first-order chi connectivity index (χ1) is 13.0. The van der Waals surface area contributed by atoms with Gasteiger partial charge in [-0.05, 0) is 29.8 Å². The Hall–Kier alpha value is -2.18. The first-order valence-corrected chi connectivity index (χ1v) is 9.87. The molecular weight excluding hydrogens is 408 g/mol. The summed E-state index contributed by atoms with van der Waals surface area (Å²) in [6.07, 6.45) is 3.12. The predicted octanol–water partition coefficient (Wildman–Crippen LogP) is 4.39. The minimum atomic E-state index is 0.140. The van der Waals surface area contributed by atoms with Crippen LogP contribution in [0.15, 0.2) is 34.9 Å². The molecule has 0 aliphatic carbocycles. The number of quaternary nitrogens is 1. The topological polar surface area (TPSA) is 43.5 Å². The molecule has 2 aromatic carbocycles. The molecular formula is C21H22BrN2O3+. The van der Waals surface area contributed by atoms with Crippen molar-refractivity contribution in [2.45, 2.75) is 12.5 Å². The quantitative estimate of drug-likeness (QED) is 0.614. The lowest BCUT2D eigenvalue weighted by Gasteiger charge is -2.43. The summed E-state index contributed by atoms with van der Waals surface area (Å²) < 4.78 is 19.2. The number of benzene rings is 2. The molecule has 2 aliphatic rings. The lowest BCUT2D eigenvalue weighted by atomic mass is 9.85. The van der Waals surface area contributed by atoms with E-state index >= 15 is 0 Å². The number of nitrogens with one attached hydrogen (secondary N) is 1. The fourth-order valence-electron chi connectivity index (χ4n) is 4.55. The van der Waals surface area contributed by atoms with Crippen LogP contribution < -0.4 is 14.2 Å². The summed E-state index contributed by atoms with van der Waals surface area (Å²) in [4.78, 5) is 3.44. The van der Waals surface area contributed by atoms with Crippen molar-refractivity contribution in [3.05, 3.63) is 51.6 Å². The van der Waals surface area contributed by atoms with Crippen LogP contribution in [-0.4, -0.2) is 44.0 Å². The van der Waals surface area contributed by atoms with Gasteiger partial charge in [0.15, 0.2) is 11.5 Å². The molecule has 140 valence electrons. The van der Waals surface area contributed by atoms with Crippen LogP contribution in [0.2, 0.25) is 0 Å². The molecule has 0 bridgehead atoms. The van der Waals surface area contributed by atoms with Gasteiger partial charge in [-0.25, -0.2) is 0 Å². The molecule has 5 nitrogen and oxygen atoms in total. The molecule has 0 saturated carbocycles. The number of ether oxygens (including phenoxy) is 3. The van der Waals surface area contributed by atoms with Crippen LogP contribution in [0.3, 0.4) is 0 Å². The third-order valence-electron chi connectivity index (χ3n) is 5.85. The van der Waals surface area contributed by atoms with E-state index < -0.39 is 0 Å². The maximum atomic E-state index is 5.88. The van der Waals surface area contributed by atoms with Gasteiger partial charge in [0.25, 0.3) is 0 Å². The average molecular weight is 430 g/mol. The number of aromatic amines is 1. The molecule has 3 heterocycles. The molecule has 0 radical (unpaired) electrons. The minimum Gasteiger partial charge on any atom is -0.492 e. The van der Waals surface area contributed by atoms with Crippen molar-refractivity contribution in [1.29, 1.82) is 0 Å². The highest BCUT2D eigenvalue weighted by Crippen LogP contribution is 2.52. The van der Waals surface area contributed by atoms with Crippen molar-refractivity contribution in [2.24, 2.45) is 0 Å². The van der Waals surface area contributed by atoms with E-state index in [1.807, 2.05) is 0 Å². The zero-order valence-corrected chi connectivity index (χ0v) is 17.2. The number of rotatable bonds is 2. The van der Waals surface area contributed by atoms with E-state index in [0.29, 0.717) is 0 Å². The van der Waals surface area contributed by atoms with E-state index in [9.17, 15) is 0 Å². The Labute approximate surface area is 166 Å². The van der Waals surface area contributed by atoms with Crippen LogP contribution in [0.1, 0.15) is 22.7 Å². The maximum Gasteiger partial charge on any atom is 0.231 e. The molecule has 3 aromatic rings. The Morgan fingerprint density at radius 2 is 2.07 bits per heavy atom. The van der Waals surface area contributed by atoms with Gasteiger partial charge in [-0.1, -0.05) is 15.9 Å². The third-order valence-corrected chi connectivity index (χ3v) is 6.34. The largest absolute Gasteiger partial charge is 0.492 e. The molecule has 1 aromatic heterocycles. The van der Waals surface area contributed by atoms with Gasteiger partial charge in [0.1, 0.15) is 6.04 Å². The SMILES string of the molecule is COc1c2c(cc3c1C(c1c[nH]c4ccc(Br)cc14)[N+](C)(C)CC3)OCO2. The van der Waals surface area contributed by atoms with Gasteiger partial charge in [0.2, 0.25) is 12.5 Å². The first-order valence-electron chi connectivity index (χ1n) is 9.08. The number of aromatic nitrogens is 1. The number of likely N-dealkylation sites (N-methyl/N-ethyl adjacent to an activating group) is 1. The number of halogens is 1. The van der Waals surface area contributed by atoms with E-state index in [2.05, 4.69) is 65.5 Å². The summed E-state index contributed by atoms with van der Waals surface area (Å²) in [7, 11) is 6.29. The summed E-state index contributed by atoms with van der Waals surface area (Å²) in [5, 5.41) is 1.23.